The summed E-state index contributed by atoms with van der Waals surface area (Å²) in [6, 6.07) is 4.58. The van der Waals surface area contributed by atoms with Crippen LogP contribution in [0.5, 0.6) is 0 Å². The number of nitrogens with zero attached hydrogens (tertiary/aromatic N) is 2. The van der Waals surface area contributed by atoms with Gasteiger partial charge >= 0.3 is 0 Å². The molecule has 1 amide bonds. The van der Waals surface area contributed by atoms with Crippen LogP contribution in [0.25, 0.3) is 4.91 Å². The van der Waals surface area contributed by atoms with Crippen LogP contribution in [0.4, 0.5) is 0 Å². The summed E-state index contributed by atoms with van der Waals surface area (Å²) in [5, 5.41) is 0. The summed E-state index contributed by atoms with van der Waals surface area (Å²) in [4.78, 5) is 20.6. The quantitative estimate of drug-likeness (QED) is 0.824. The van der Waals surface area contributed by atoms with Crippen molar-refractivity contribution in [3.63, 3.8) is 0 Å². The van der Waals surface area contributed by atoms with Crippen LogP contribution in [-0.2, 0) is 4.79 Å². The Labute approximate surface area is 142 Å². The number of piperidine rings is 1. The summed E-state index contributed by atoms with van der Waals surface area (Å²) in [5.41, 5.74) is 1.19. The predicted octanol–water partition coefficient (Wildman–Crippen LogP) is 3.97. The second-order valence-electron chi connectivity index (χ2n) is 6.97. The van der Waals surface area contributed by atoms with Crippen molar-refractivity contribution < 1.29 is 4.79 Å². The van der Waals surface area contributed by atoms with E-state index in [0.29, 0.717) is 11.9 Å². The molecule has 3 atom stereocenters. The molecule has 0 aromatic carbocycles. The molecule has 0 bridgehead atoms. The van der Waals surface area contributed by atoms with Gasteiger partial charge in [0.2, 0.25) is 5.91 Å². The summed E-state index contributed by atoms with van der Waals surface area (Å²) < 4.78 is 0. The van der Waals surface area contributed by atoms with Crippen LogP contribution in [-0.4, -0.2) is 34.1 Å². The number of hydrogen-bond donors (Lipinski definition) is 0. The average molecular weight is 328 g/mol. The molecular formula is C19H24N2OS. The number of carbonyl (C=O) groups is 1. The lowest BCUT2D eigenvalue weighted by atomic mass is 9.78. The third-order valence-electron chi connectivity index (χ3n) is 5.58. The molecule has 0 spiro atoms. The number of likely N-dealkylation sites (tertiary alicyclic amines) is 1. The summed E-state index contributed by atoms with van der Waals surface area (Å²) in [6.07, 6.45) is 13.5. The van der Waals surface area contributed by atoms with Gasteiger partial charge < -0.3 is 4.90 Å². The lowest BCUT2D eigenvalue weighted by molar-refractivity contribution is -0.139. The van der Waals surface area contributed by atoms with Gasteiger partial charge in [0.25, 0.3) is 0 Å². The first-order valence-electron chi connectivity index (χ1n) is 8.88. The SMILES string of the molecule is O=C(C1C=C(c2ccncc2)SC1)N1CCCC2CCCCC21. The number of amides is 1. The maximum Gasteiger partial charge on any atom is 0.230 e. The first-order valence-corrected chi connectivity index (χ1v) is 9.87. The van der Waals surface area contributed by atoms with Crippen molar-refractivity contribution in [2.75, 3.05) is 12.3 Å². The standard InChI is InChI=1S/C19H24N2OS/c22-19(21-11-3-5-14-4-1-2-6-17(14)21)16-12-18(23-13-16)15-7-9-20-10-8-15/h7-10,12,14,16-17H,1-6,11,13H2. The van der Waals surface area contributed by atoms with Crippen LogP contribution >= 0.6 is 11.8 Å². The van der Waals surface area contributed by atoms with Crippen molar-refractivity contribution in [1.82, 2.24) is 9.88 Å². The number of carbonyl (C=O) groups excluding carboxylic acids is 1. The molecule has 3 unspecified atom stereocenters. The first-order chi connectivity index (χ1) is 11.3. The summed E-state index contributed by atoms with van der Waals surface area (Å²) in [5.74, 6) is 2.09. The molecule has 4 rings (SSSR count). The van der Waals surface area contributed by atoms with Gasteiger partial charge in [-0.05, 0) is 49.3 Å². The van der Waals surface area contributed by atoms with E-state index in [2.05, 4.69) is 16.0 Å². The average Bonchev–Trinajstić information content (AvgIpc) is 3.11. The van der Waals surface area contributed by atoms with Crippen molar-refractivity contribution in [3.05, 3.63) is 36.2 Å². The molecule has 23 heavy (non-hydrogen) atoms. The number of hydrogen-bond acceptors (Lipinski definition) is 3. The summed E-state index contributed by atoms with van der Waals surface area (Å²) >= 11 is 1.81. The Morgan fingerprint density at radius 2 is 1.91 bits per heavy atom. The molecule has 2 fully saturated rings. The van der Waals surface area contributed by atoms with E-state index in [1.165, 1.54) is 49.0 Å². The zero-order chi connectivity index (χ0) is 15.6. The molecule has 0 radical (unpaired) electrons. The van der Waals surface area contributed by atoms with E-state index in [0.717, 1.165) is 18.2 Å². The molecule has 3 aliphatic rings. The second-order valence-corrected chi connectivity index (χ2v) is 8.03. The zero-order valence-electron chi connectivity index (χ0n) is 13.5. The molecule has 3 heterocycles. The van der Waals surface area contributed by atoms with Gasteiger partial charge in [-0.3, -0.25) is 9.78 Å². The highest BCUT2D eigenvalue weighted by Gasteiger charge is 2.38. The molecule has 1 saturated heterocycles. The Morgan fingerprint density at radius 1 is 1.13 bits per heavy atom. The van der Waals surface area contributed by atoms with Gasteiger partial charge in [0, 0.05) is 35.6 Å². The van der Waals surface area contributed by atoms with E-state index >= 15 is 0 Å². The number of thioether (sulfide) groups is 1. The topological polar surface area (TPSA) is 33.2 Å². The molecule has 1 aliphatic carbocycles. The van der Waals surface area contributed by atoms with E-state index in [-0.39, 0.29) is 5.92 Å². The molecule has 1 aromatic heterocycles. The smallest absolute Gasteiger partial charge is 0.230 e. The van der Waals surface area contributed by atoms with Crippen LogP contribution < -0.4 is 0 Å². The van der Waals surface area contributed by atoms with Gasteiger partial charge in [-0.2, -0.15) is 0 Å². The van der Waals surface area contributed by atoms with Gasteiger partial charge in [0.05, 0.1) is 5.92 Å². The Hall–Kier alpha value is -1.29. The second kappa shape index (κ2) is 6.68. The van der Waals surface area contributed by atoms with Crippen molar-refractivity contribution in [3.8, 4) is 0 Å². The third kappa shape index (κ3) is 3.06. The van der Waals surface area contributed by atoms with Gasteiger partial charge in [0.15, 0.2) is 0 Å². The predicted molar refractivity (Wildman–Crippen MR) is 94.9 cm³/mol. The number of pyridine rings is 1. The Bertz CT molecular complexity index is 599. The normalized spacial score (nSPS) is 30.7. The van der Waals surface area contributed by atoms with Crippen LogP contribution in [0, 0.1) is 11.8 Å². The minimum atomic E-state index is 0.0591. The van der Waals surface area contributed by atoms with Crippen molar-refractivity contribution >= 4 is 22.6 Å². The summed E-state index contributed by atoms with van der Waals surface area (Å²) in [6.45, 7) is 0.972. The van der Waals surface area contributed by atoms with Gasteiger partial charge in [-0.25, -0.2) is 0 Å². The highest BCUT2D eigenvalue weighted by Crippen LogP contribution is 2.40. The fourth-order valence-electron chi connectivity index (χ4n) is 4.41. The number of aromatic nitrogens is 1. The Morgan fingerprint density at radius 3 is 2.78 bits per heavy atom. The van der Waals surface area contributed by atoms with Crippen molar-refractivity contribution in [2.24, 2.45) is 11.8 Å². The highest BCUT2D eigenvalue weighted by molar-refractivity contribution is 8.08. The van der Waals surface area contributed by atoms with Crippen LogP contribution in [0.3, 0.4) is 0 Å². The maximum atomic E-state index is 13.1. The fraction of sp³-hybridized carbons (Fsp3) is 0.579. The van der Waals surface area contributed by atoms with Crippen molar-refractivity contribution in [1.29, 1.82) is 0 Å². The minimum absolute atomic E-state index is 0.0591. The minimum Gasteiger partial charge on any atom is -0.339 e. The van der Waals surface area contributed by atoms with E-state index in [4.69, 9.17) is 0 Å². The molecule has 3 nitrogen and oxygen atoms in total. The molecular weight excluding hydrogens is 304 g/mol. The van der Waals surface area contributed by atoms with E-state index in [1.54, 1.807) is 0 Å². The third-order valence-corrected chi connectivity index (χ3v) is 6.79. The molecule has 122 valence electrons. The van der Waals surface area contributed by atoms with Crippen LogP contribution in [0.1, 0.15) is 44.1 Å². The molecule has 1 saturated carbocycles. The van der Waals surface area contributed by atoms with Gasteiger partial charge in [0.1, 0.15) is 0 Å². The number of rotatable bonds is 2. The van der Waals surface area contributed by atoms with E-state index in [9.17, 15) is 4.79 Å². The molecule has 4 heteroatoms. The Kier molecular flexibility index (Phi) is 4.43. The van der Waals surface area contributed by atoms with Gasteiger partial charge in [-0.15, -0.1) is 11.8 Å². The number of fused-ring (bicyclic) bond motifs is 1. The van der Waals surface area contributed by atoms with E-state index in [1.807, 2.05) is 36.3 Å². The lowest BCUT2D eigenvalue weighted by Crippen LogP contribution is -2.51. The lowest BCUT2D eigenvalue weighted by Gasteiger charge is -2.44. The summed E-state index contributed by atoms with van der Waals surface area (Å²) in [7, 11) is 0. The molecule has 0 N–H and O–H groups in total. The van der Waals surface area contributed by atoms with E-state index < -0.39 is 0 Å². The van der Waals surface area contributed by atoms with Crippen LogP contribution in [0.15, 0.2) is 30.6 Å². The molecule has 2 aliphatic heterocycles. The first kappa shape index (κ1) is 15.3. The maximum absolute atomic E-state index is 13.1. The van der Waals surface area contributed by atoms with Crippen LogP contribution in [0.2, 0.25) is 0 Å². The fourth-order valence-corrected chi connectivity index (χ4v) is 5.57. The highest BCUT2D eigenvalue weighted by atomic mass is 32.2. The Balaban J connectivity index is 1.49. The van der Waals surface area contributed by atoms with Crippen molar-refractivity contribution in [2.45, 2.75) is 44.6 Å². The largest absolute Gasteiger partial charge is 0.339 e. The monoisotopic (exact) mass is 328 g/mol. The van der Waals surface area contributed by atoms with Gasteiger partial charge in [-0.1, -0.05) is 18.9 Å². The zero-order valence-corrected chi connectivity index (χ0v) is 14.3. The molecule has 1 aromatic rings.